The van der Waals surface area contributed by atoms with E-state index in [0.29, 0.717) is 18.6 Å². The molecule has 10 heteroatoms. The Morgan fingerprint density at radius 2 is 1.51 bits per heavy atom. The molecule has 3 aromatic rings. The smallest absolute Gasteiger partial charge is 0.366 e. The Kier molecular flexibility index (Phi) is 8.32. The summed E-state index contributed by atoms with van der Waals surface area (Å²) in [6.45, 7) is 0. The van der Waals surface area contributed by atoms with Crippen LogP contribution in [0.25, 0.3) is 0 Å². The van der Waals surface area contributed by atoms with Gasteiger partial charge in [-0.1, -0.05) is 12.1 Å². The van der Waals surface area contributed by atoms with Gasteiger partial charge in [0.1, 0.15) is 17.2 Å². The second kappa shape index (κ2) is 11.4. The van der Waals surface area contributed by atoms with Crippen LogP contribution in [0.4, 0.5) is 0 Å². The van der Waals surface area contributed by atoms with Crippen LogP contribution in [0.3, 0.4) is 0 Å². The zero-order valence-corrected chi connectivity index (χ0v) is 19.7. The lowest BCUT2D eigenvalue weighted by molar-refractivity contribution is -0.146. The highest BCUT2D eigenvalue weighted by molar-refractivity contribution is 7.91. The fraction of sp³-hybridized carbons (Fsp3) is 0.200. The predicted octanol–water partition coefficient (Wildman–Crippen LogP) is 3.03. The van der Waals surface area contributed by atoms with E-state index < -0.39 is 27.9 Å². The third-order valence-electron chi connectivity index (χ3n) is 5.09. The molecule has 0 aliphatic carbocycles. The molecule has 0 spiro atoms. The van der Waals surface area contributed by atoms with E-state index in [-0.39, 0.29) is 27.7 Å². The summed E-state index contributed by atoms with van der Waals surface area (Å²) in [5.74, 6) is -1.26. The van der Waals surface area contributed by atoms with Crippen molar-refractivity contribution < 1.29 is 37.7 Å². The number of phenols is 1. The molecule has 1 atom stereocenters. The summed E-state index contributed by atoms with van der Waals surface area (Å²) >= 11 is 0. The third kappa shape index (κ3) is 7.21. The van der Waals surface area contributed by atoms with Gasteiger partial charge in [0.05, 0.1) is 17.8 Å². The Morgan fingerprint density at radius 1 is 0.914 bits per heavy atom. The van der Waals surface area contributed by atoms with Crippen molar-refractivity contribution >= 4 is 21.7 Å². The van der Waals surface area contributed by atoms with E-state index in [9.17, 15) is 28.2 Å². The zero-order valence-electron chi connectivity index (χ0n) is 18.9. The highest BCUT2D eigenvalue weighted by atomic mass is 32.2. The molecule has 0 radical (unpaired) electrons. The summed E-state index contributed by atoms with van der Waals surface area (Å²) < 4.78 is 35.3. The molecule has 3 aromatic carbocycles. The fourth-order valence-electron chi connectivity index (χ4n) is 3.19. The van der Waals surface area contributed by atoms with Crippen LogP contribution in [0.2, 0.25) is 0 Å². The van der Waals surface area contributed by atoms with Gasteiger partial charge in [-0.3, -0.25) is 4.79 Å². The molecule has 0 aliphatic heterocycles. The third-order valence-corrected chi connectivity index (χ3v) is 6.91. The summed E-state index contributed by atoms with van der Waals surface area (Å²) in [5, 5.41) is 21.1. The molecule has 0 aliphatic rings. The van der Waals surface area contributed by atoms with Gasteiger partial charge in [-0.2, -0.15) is 0 Å². The number of benzene rings is 3. The van der Waals surface area contributed by atoms with Crippen molar-refractivity contribution in [3.63, 3.8) is 0 Å². The van der Waals surface area contributed by atoms with E-state index in [0.717, 1.165) is 5.56 Å². The van der Waals surface area contributed by atoms with Crippen molar-refractivity contribution in [2.45, 2.75) is 24.0 Å². The number of carbonyl (C=O) groups excluding carboxylic acids is 1. The van der Waals surface area contributed by atoms with Crippen LogP contribution in [0, 0.1) is 0 Å². The first-order valence-corrected chi connectivity index (χ1v) is 12.3. The minimum atomic E-state index is -3.47. The number of carboxylic acids is 1. The SMILES string of the molecule is COc1ccc(C(=O)NC(Oc2ccc(CCCS(=O)(=O)c3ccc(O)cc3)cc2)C(=O)O)cc1. The number of aryl methyl sites for hydroxylation is 1. The monoisotopic (exact) mass is 499 g/mol. The van der Waals surface area contributed by atoms with Crippen molar-refractivity contribution in [2.24, 2.45) is 0 Å². The molecule has 1 amide bonds. The number of hydrogen-bond acceptors (Lipinski definition) is 7. The normalized spacial score (nSPS) is 11.9. The van der Waals surface area contributed by atoms with Crippen LogP contribution >= 0.6 is 0 Å². The van der Waals surface area contributed by atoms with Gasteiger partial charge in [0.15, 0.2) is 9.84 Å². The Balaban J connectivity index is 1.55. The predicted molar refractivity (Wildman–Crippen MR) is 127 cm³/mol. The average Bonchev–Trinajstić information content (AvgIpc) is 2.84. The van der Waals surface area contributed by atoms with Gasteiger partial charge in [-0.25, -0.2) is 13.2 Å². The van der Waals surface area contributed by atoms with E-state index in [1.165, 1.54) is 43.5 Å². The van der Waals surface area contributed by atoms with Crippen LogP contribution < -0.4 is 14.8 Å². The number of sulfone groups is 1. The van der Waals surface area contributed by atoms with Gasteiger partial charge in [-0.05, 0) is 79.1 Å². The second-order valence-electron chi connectivity index (χ2n) is 7.60. The summed E-state index contributed by atoms with van der Waals surface area (Å²) in [5.41, 5.74) is 1.09. The Bertz CT molecular complexity index is 1250. The van der Waals surface area contributed by atoms with E-state index >= 15 is 0 Å². The first-order valence-electron chi connectivity index (χ1n) is 10.6. The number of nitrogens with one attached hydrogen (secondary N) is 1. The molecule has 0 saturated heterocycles. The summed E-state index contributed by atoms with van der Waals surface area (Å²) in [6.07, 6.45) is -0.751. The molecule has 184 valence electrons. The van der Waals surface area contributed by atoms with Gasteiger partial charge < -0.3 is 25.0 Å². The number of carbonyl (C=O) groups is 2. The Hall–Kier alpha value is -4.05. The fourth-order valence-corrected chi connectivity index (χ4v) is 4.51. The van der Waals surface area contributed by atoms with Crippen molar-refractivity contribution in [2.75, 3.05) is 12.9 Å². The van der Waals surface area contributed by atoms with Crippen LogP contribution in [-0.2, 0) is 21.1 Å². The number of aliphatic carboxylic acids is 1. The van der Waals surface area contributed by atoms with Crippen molar-refractivity contribution in [3.8, 4) is 17.2 Å². The van der Waals surface area contributed by atoms with E-state index in [2.05, 4.69) is 5.32 Å². The molecule has 0 heterocycles. The maximum absolute atomic E-state index is 12.4. The van der Waals surface area contributed by atoms with Crippen molar-refractivity contribution in [1.29, 1.82) is 0 Å². The van der Waals surface area contributed by atoms with E-state index in [1.54, 1.807) is 36.4 Å². The minimum Gasteiger partial charge on any atom is -0.508 e. The Labute approximate surface area is 202 Å². The molecule has 0 saturated carbocycles. The molecule has 3 rings (SSSR count). The summed E-state index contributed by atoms with van der Waals surface area (Å²) in [6, 6.07) is 18.1. The molecule has 9 nitrogen and oxygen atoms in total. The van der Waals surface area contributed by atoms with Gasteiger partial charge in [0, 0.05) is 5.56 Å². The molecular formula is C25H25NO8S. The van der Waals surface area contributed by atoms with Crippen LogP contribution in [0.1, 0.15) is 22.3 Å². The lowest BCUT2D eigenvalue weighted by atomic mass is 10.1. The van der Waals surface area contributed by atoms with E-state index in [4.69, 9.17) is 9.47 Å². The molecule has 35 heavy (non-hydrogen) atoms. The van der Waals surface area contributed by atoms with Gasteiger partial charge >= 0.3 is 5.97 Å². The lowest BCUT2D eigenvalue weighted by Crippen LogP contribution is -2.44. The maximum Gasteiger partial charge on any atom is 0.366 e. The van der Waals surface area contributed by atoms with Gasteiger partial charge in [0.25, 0.3) is 12.1 Å². The van der Waals surface area contributed by atoms with Crippen molar-refractivity contribution in [3.05, 3.63) is 83.9 Å². The zero-order chi connectivity index (χ0) is 25.4. The highest BCUT2D eigenvalue weighted by Crippen LogP contribution is 2.19. The van der Waals surface area contributed by atoms with Crippen LogP contribution in [0.5, 0.6) is 17.2 Å². The number of amides is 1. The molecular weight excluding hydrogens is 474 g/mol. The molecule has 1 unspecified atom stereocenters. The quantitative estimate of drug-likeness (QED) is 0.342. The number of ether oxygens (including phenoxy) is 2. The number of hydrogen-bond donors (Lipinski definition) is 3. The second-order valence-corrected chi connectivity index (χ2v) is 9.71. The molecule has 0 bridgehead atoms. The highest BCUT2D eigenvalue weighted by Gasteiger charge is 2.23. The van der Waals surface area contributed by atoms with E-state index in [1.807, 2.05) is 0 Å². The van der Waals surface area contributed by atoms with Gasteiger partial charge in [-0.15, -0.1) is 0 Å². The van der Waals surface area contributed by atoms with Gasteiger partial charge in [0.2, 0.25) is 0 Å². The maximum atomic E-state index is 12.4. The lowest BCUT2D eigenvalue weighted by Gasteiger charge is -2.17. The first-order chi connectivity index (χ1) is 16.7. The summed E-state index contributed by atoms with van der Waals surface area (Å²) in [4.78, 5) is 24.1. The number of aromatic hydroxyl groups is 1. The average molecular weight is 500 g/mol. The largest absolute Gasteiger partial charge is 0.508 e. The molecule has 0 aromatic heterocycles. The Morgan fingerprint density at radius 3 is 2.09 bits per heavy atom. The standard InChI is InChI=1S/C25H25NO8S/c1-33-20-12-6-18(7-13-20)23(28)26-24(25(29)30)34-21-10-4-17(5-11-21)3-2-16-35(31,32)22-14-8-19(27)9-15-22/h4-15,24,27H,2-3,16H2,1H3,(H,26,28)(H,29,30). The molecule has 0 fully saturated rings. The number of methoxy groups -OCH3 is 1. The minimum absolute atomic E-state index is 0.00306. The van der Waals surface area contributed by atoms with Crippen molar-refractivity contribution in [1.82, 2.24) is 5.32 Å². The summed E-state index contributed by atoms with van der Waals surface area (Å²) in [7, 11) is -1.97. The first kappa shape index (κ1) is 25.6. The number of carboxylic acid groups (broad SMARTS) is 1. The molecule has 3 N–H and O–H groups in total. The number of phenolic OH excluding ortho intramolecular Hbond substituents is 1. The number of rotatable bonds is 11. The van der Waals surface area contributed by atoms with Crippen LogP contribution in [0.15, 0.2) is 77.7 Å². The topological polar surface area (TPSA) is 139 Å². The van der Waals surface area contributed by atoms with Crippen LogP contribution in [-0.4, -0.2) is 49.6 Å².